The van der Waals surface area contributed by atoms with Gasteiger partial charge in [-0.2, -0.15) is 0 Å². The van der Waals surface area contributed by atoms with Gasteiger partial charge >= 0.3 is 0 Å². The third kappa shape index (κ3) is 14.1. The Morgan fingerprint density at radius 3 is 2.06 bits per heavy atom. The molecule has 0 aliphatic rings. The van der Waals surface area contributed by atoms with Crippen LogP contribution in [0.3, 0.4) is 0 Å². The van der Waals surface area contributed by atoms with Crippen LogP contribution in [0, 0.1) is 12.0 Å². The zero-order chi connectivity index (χ0) is 22.6. The van der Waals surface area contributed by atoms with Crippen molar-refractivity contribution in [1.82, 2.24) is 0 Å². The highest BCUT2D eigenvalue weighted by atomic mass is 16.5. The molecular formula is C27H44O4. The third-order valence-corrected chi connectivity index (χ3v) is 5.49. The van der Waals surface area contributed by atoms with Crippen molar-refractivity contribution in [2.45, 2.75) is 110 Å². The largest absolute Gasteiger partial charge is 0.497 e. The normalized spacial score (nSPS) is 12.6. The van der Waals surface area contributed by atoms with Gasteiger partial charge in [-0.15, -0.1) is 0 Å². The number of aliphatic hydroxyl groups excluding tert-OH is 1. The molecule has 1 aromatic rings. The summed E-state index contributed by atoms with van der Waals surface area (Å²) in [5, 5.41) is 10.6. The maximum absolute atomic E-state index is 10.6. The van der Waals surface area contributed by atoms with Gasteiger partial charge in [-0.1, -0.05) is 89.2 Å². The first-order valence-electron chi connectivity index (χ1n) is 12.2. The Labute approximate surface area is 190 Å². The van der Waals surface area contributed by atoms with Gasteiger partial charge in [0.15, 0.2) is 0 Å². The van der Waals surface area contributed by atoms with Crippen LogP contribution in [0.25, 0.3) is 0 Å². The standard InChI is InChI=1S/C27H44O4/c1-4-6-7-8-9-10-11-12-13-14-17-27(26(28)16-15-22-30-5-2)31-23-24-18-20-25(29-3)21-19-24/h18-21,26-28H,4-14,16-17,23H2,1-3H3/t26-,27-/m0/s1. The van der Waals surface area contributed by atoms with Crippen molar-refractivity contribution in [3.05, 3.63) is 29.8 Å². The monoisotopic (exact) mass is 432 g/mol. The summed E-state index contributed by atoms with van der Waals surface area (Å²) < 4.78 is 16.4. The summed E-state index contributed by atoms with van der Waals surface area (Å²) in [6, 6.07) is 7.86. The zero-order valence-corrected chi connectivity index (χ0v) is 20.0. The zero-order valence-electron chi connectivity index (χ0n) is 20.0. The fourth-order valence-electron chi connectivity index (χ4n) is 3.55. The molecule has 0 aliphatic carbocycles. The van der Waals surface area contributed by atoms with E-state index in [2.05, 4.69) is 19.0 Å². The van der Waals surface area contributed by atoms with Crippen LogP contribution >= 0.6 is 0 Å². The average molecular weight is 433 g/mol. The van der Waals surface area contributed by atoms with Gasteiger partial charge in [-0.05, 0) is 31.0 Å². The molecule has 31 heavy (non-hydrogen) atoms. The highest BCUT2D eigenvalue weighted by molar-refractivity contribution is 5.26. The van der Waals surface area contributed by atoms with Crippen LogP contribution in [-0.4, -0.2) is 31.0 Å². The van der Waals surface area contributed by atoms with Crippen molar-refractivity contribution in [2.75, 3.05) is 13.7 Å². The summed E-state index contributed by atoms with van der Waals surface area (Å²) in [5.41, 5.74) is 1.07. The number of methoxy groups -OCH3 is 1. The van der Waals surface area contributed by atoms with E-state index in [4.69, 9.17) is 14.2 Å². The van der Waals surface area contributed by atoms with Gasteiger partial charge in [0.05, 0.1) is 32.5 Å². The summed E-state index contributed by atoms with van der Waals surface area (Å²) in [4.78, 5) is 0. The van der Waals surface area contributed by atoms with Crippen molar-refractivity contribution >= 4 is 0 Å². The summed E-state index contributed by atoms with van der Waals surface area (Å²) in [6.07, 6.45) is 16.0. The van der Waals surface area contributed by atoms with E-state index < -0.39 is 6.10 Å². The molecule has 0 aliphatic heterocycles. The van der Waals surface area contributed by atoms with Gasteiger partial charge in [0, 0.05) is 6.42 Å². The van der Waals surface area contributed by atoms with E-state index in [9.17, 15) is 5.11 Å². The second kappa shape index (κ2) is 19.0. The lowest BCUT2D eigenvalue weighted by Gasteiger charge is -2.22. The summed E-state index contributed by atoms with van der Waals surface area (Å²) >= 11 is 0. The molecule has 0 heterocycles. The molecule has 0 aromatic heterocycles. The van der Waals surface area contributed by atoms with E-state index >= 15 is 0 Å². The van der Waals surface area contributed by atoms with Crippen LogP contribution in [0.5, 0.6) is 5.75 Å². The Bertz CT molecular complexity index is 587. The Hall–Kier alpha value is -1.70. The number of benzene rings is 1. The van der Waals surface area contributed by atoms with Crippen molar-refractivity contribution < 1.29 is 19.3 Å². The first-order chi connectivity index (χ1) is 15.2. The highest BCUT2D eigenvalue weighted by Crippen LogP contribution is 2.18. The van der Waals surface area contributed by atoms with E-state index in [1.54, 1.807) is 7.11 Å². The molecule has 4 heteroatoms. The van der Waals surface area contributed by atoms with Crippen LogP contribution in [0.15, 0.2) is 24.3 Å². The summed E-state index contributed by atoms with van der Waals surface area (Å²) in [7, 11) is 1.66. The second-order valence-corrected chi connectivity index (χ2v) is 8.15. The van der Waals surface area contributed by atoms with Crippen LogP contribution in [0.1, 0.15) is 96.5 Å². The predicted molar refractivity (Wildman–Crippen MR) is 128 cm³/mol. The van der Waals surface area contributed by atoms with E-state index in [0.717, 1.165) is 24.2 Å². The smallest absolute Gasteiger partial charge is 0.118 e. The molecule has 0 saturated heterocycles. The molecule has 1 aromatic carbocycles. The molecule has 4 nitrogen and oxygen atoms in total. The van der Waals surface area contributed by atoms with Gasteiger partial charge in [-0.25, -0.2) is 0 Å². The molecular weight excluding hydrogens is 388 g/mol. The van der Waals surface area contributed by atoms with E-state index in [0.29, 0.717) is 19.6 Å². The van der Waals surface area contributed by atoms with Crippen molar-refractivity contribution in [3.8, 4) is 17.8 Å². The quantitative estimate of drug-likeness (QED) is 0.209. The number of aliphatic hydroxyl groups is 1. The molecule has 176 valence electrons. The van der Waals surface area contributed by atoms with E-state index in [1.807, 2.05) is 31.2 Å². The lowest BCUT2D eigenvalue weighted by atomic mass is 10.0. The summed E-state index contributed by atoms with van der Waals surface area (Å²) in [6.45, 7) is 5.19. The first-order valence-corrected chi connectivity index (χ1v) is 12.2. The minimum Gasteiger partial charge on any atom is -0.497 e. The van der Waals surface area contributed by atoms with Crippen LogP contribution in [0.2, 0.25) is 0 Å². The maximum Gasteiger partial charge on any atom is 0.118 e. The molecule has 0 fully saturated rings. The van der Waals surface area contributed by atoms with Crippen LogP contribution < -0.4 is 4.74 Å². The van der Waals surface area contributed by atoms with Gasteiger partial charge in [0.25, 0.3) is 0 Å². The number of hydrogen-bond acceptors (Lipinski definition) is 4. The number of rotatable bonds is 18. The van der Waals surface area contributed by atoms with Crippen LogP contribution in [0.4, 0.5) is 0 Å². The number of unbranched alkanes of at least 4 members (excludes halogenated alkanes) is 9. The highest BCUT2D eigenvalue weighted by Gasteiger charge is 2.19. The first kappa shape index (κ1) is 27.3. The van der Waals surface area contributed by atoms with E-state index in [-0.39, 0.29) is 6.10 Å². The lowest BCUT2D eigenvalue weighted by Crippen LogP contribution is -2.28. The number of hydrogen-bond donors (Lipinski definition) is 1. The van der Waals surface area contributed by atoms with Crippen molar-refractivity contribution in [2.24, 2.45) is 0 Å². The Kier molecular flexibility index (Phi) is 16.8. The fraction of sp³-hybridized carbons (Fsp3) is 0.704. The molecule has 0 saturated carbocycles. The molecule has 1 rings (SSSR count). The third-order valence-electron chi connectivity index (χ3n) is 5.49. The molecule has 0 radical (unpaired) electrons. The molecule has 0 bridgehead atoms. The maximum atomic E-state index is 10.6. The Morgan fingerprint density at radius 2 is 1.48 bits per heavy atom. The van der Waals surface area contributed by atoms with E-state index in [1.165, 1.54) is 57.8 Å². The van der Waals surface area contributed by atoms with Crippen LogP contribution in [-0.2, 0) is 16.1 Å². The lowest BCUT2D eigenvalue weighted by molar-refractivity contribution is -0.0486. The fourth-order valence-corrected chi connectivity index (χ4v) is 3.55. The average Bonchev–Trinajstić information content (AvgIpc) is 2.80. The van der Waals surface area contributed by atoms with Gasteiger partial charge in [-0.3, -0.25) is 0 Å². The minimum absolute atomic E-state index is 0.216. The Morgan fingerprint density at radius 1 is 0.871 bits per heavy atom. The predicted octanol–water partition coefficient (Wildman–Crippen LogP) is 6.64. The van der Waals surface area contributed by atoms with Crippen molar-refractivity contribution in [1.29, 1.82) is 0 Å². The van der Waals surface area contributed by atoms with Gasteiger partial charge in [0.1, 0.15) is 11.9 Å². The minimum atomic E-state index is -0.607. The molecule has 0 amide bonds. The topological polar surface area (TPSA) is 47.9 Å². The molecule has 2 atom stereocenters. The number of ether oxygens (including phenoxy) is 3. The van der Waals surface area contributed by atoms with Gasteiger partial charge in [0.2, 0.25) is 0 Å². The van der Waals surface area contributed by atoms with Gasteiger partial charge < -0.3 is 19.3 Å². The molecule has 0 unspecified atom stereocenters. The Balaban J connectivity index is 2.37. The molecule has 1 N–H and O–H groups in total. The molecule has 0 spiro atoms. The second-order valence-electron chi connectivity index (χ2n) is 8.15. The summed E-state index contributed by atoms with van der Waals surface area (Å²) in [5.74, 6) is 3.73. The van der Waals surface area contributed by atoms with Crippen molar-refractivity contribution in [3.63, 3.8) is 0 Å². The SMILES string of the molecule is CCCCCCCCCCCC[C@H](OCc1ccc(OC)cc1)[C@@H](O)CC#COCC.